The highest BCUT2D eigenvalue weighted by Gasteiger charge is 2.44. The van der Waals surface area contributed by atoms with Gasteiger partial charge < -0.3 is 15.0 Å². The Bertz CT molecular complexity index is 1430. The van der Waals surface area contributed by atoms with Gasteiger partial charge in [0.25, 0.3) is 0 Å². The first-order valence-electron chi connectivity index (χ1n) is 13.0. The van der Waals surface area contributed by atoms with E-state index in [2.05, 4.69) is 5.32 Å². The average molecular weight is 585 g/mol. The lowest BCUT2D eigenvalue weighted by atomic mass is 9.92. The number of guanidine groups is 1. The summed E-state index contributed by atoms with van der Waals surface area (Å²) in [6.07, 6.45) is -3.08. The number of allylic oxidation sites excluding steroid dienone is 1. The first-order valence-corrected chi connectivity index (χ1v) is 13.0. The van der Waals surface area contributed by atoms with Crippen LogP contribution >= 0.6 is 0 Å². The lowest BCUT2D eigenvalue weighted by Gasteiger charge is -2.43. The zero-order valence-corrected chi connectivity index (χ0v) is 23.6. The maximum absolute atomic E-state index is 13.7. The summed E-state index contributed by atoms with van der Waals surface area (Å²) in [6, 6.07) is 9.81. The molecule has 0 fully saturated rings. The van der Waals surface area contributed by atoms with Gasteiger partial charge >= 0.3 is 18.2 Å². The van der Waals surface area contributed by atoms with Crippen LogP contribution in [0.15, 0.2) is 59.8 Å². The molecule has 0 saturated heterocycles. The lowest BCUT2D eigenvalue weighted by Crippen LogP contribution is -2.57. The van der Waals surface area contributed by atoms with Crippen LogP contribution in [-0.4, -0.2) is 60.9 Å². The third-order valence-electron chi connectivity index (χ3n) is 6.77. The largest absolute Gasteiger partial charge is 0.466 e. The lowest BCUT2D eigenvalue weighted by molar-refractivity contribution is -0.138. The van der Waals surface area contributed by atoms with E-state index in [1.165, 1.54) is 42.2 Å². The second-order valence-electron chi connectivity index (χ2n) is 9.53. The predicted octanol–water partition coefficient (Wildman–Crippen LogP) is 4.79. The number of benzene rings is 2. The molecule has 0 aromatic heterocycles. The fourth-order valence-electron chi connectivity index (χ4n) is 4.50. The van der Waals surface area contributed by atoms with Gasteiger partial charge in [0.05, 0.1) is 36.4 Å². The van der Waals surface area contributed by atoms with Crippen molar-refractivity contribution >= 4 is 29.6 Å². The Labute approximate surface area is 241 Å². The standard InChI is InChI=1S/C29H31F3N6O4/c1-5-6-14-36(3)23(39)17-35-28(41)38-25(20-12-10-19(16-33)11-13-20)24(26(40)42-4)18(2)37(27(38)34)22-9-7-8-21(15-22)29(30,31)32/h7-13,15,25,34H,5-6,14,17H2,1-4H3,(H,35,41). The molecule has 3 amide bonds. The van der Waals surface area contributed by atoms with Gasteiger partial charge in [0, 0.05) is 25.0 Å². The number of halogens is 3. The molecule has 0 radical (unpaired) electrons. The van der Waals surface area contributed by atoms with E-state index in [1.54, 1.807) is 7.05 Å². The van der Waals surface area contributed by atoms with Gasteiger partial charge in [0.1, 0.15) is 6.04 Å². The van der Waals surface area contributed by atoms with Crippen molar-refractivity contribution in [2.75, 3.05) is 32.1 Å². The molecule has 1 atom stereocenters. The fourth-order valence-corrected chi connectivity index (χ4v) is 4.50. The second kappa shape index (κ2) is 13.2. The van der Waals surface area contributed by atoms with Crippen molar-refractivity contribution in [1.82, 2.24) is 15.1 Å². The molecule has 2 N–H and O–H groups in total. The van der Waals surface area contributed by atoms with E-state index < -0.39 is 48.2 Å². The van der Waals surface area contributed by atoms with Gasteiger partial charge in [-0.05, 0) is 49.2 Å². The van der Waals surface area contributed by atoms with Crippen molar-refractivity contribution in [2.45, 2.75) is 38.9 Å². The quantitative estimate of drug-likeness (QED) is 0.429. The Morgan fingerprint density at radius 2 is 1.83 bits per heavy atom. The van der Waals surface area contributed by atoms with Crippen molar-refractivity contribution in [3.63, 3.8) is 0 Å². The van der Waals surface area contributed by atoms with Crippen LogP contribution in [-0.2, 0) is 20.5 Å². The van der Waals surface area contributed by atoms with Gasteiger partial charge in [0.15, 0.2) is 0 Å². The van der Waals surface area contributed by atoms with Crippen LogP contribution in [0.4, 0.5) is 23.7 Å². The molecule has 0 saturated carbocycles. The number of methoxy groups -OCH3 is 1. The minimum atomic E-state index is -4.69. The van der Waals surface area contributed by atoms with Crippen LogP contribution in [0.1, 0.15) is 49.4 Å². The van der Waals surface area contributed by atoms with Crippen LogP contribution in [0.2, 0.25) is 0 Å². The number of nitriles is 1. The Morgan fingerprint density at radius 3 is 2.40 bits per heavy atom. The van der Waals surface area contributed by atoms with E-state index in [4.69, 9.17) is 10.1 Å². The summed E-state index contributed by atoms with van der Waals surface area (Å²) in [6.45, 7) is 3.44. The Hall–Kier alpha value is -4.86. The van der Waals surface area contributed by atoms with E-state index >= 15 is 0 Å². The van der Waals surface area contributed by atoms with Crippen LogP contribution in [0.5, 0.6) is 0 Å². The number of hydrogen-bond acceptors (Lipinski definition) is 6. The summed E-state index contributed by atoms with van der Waals surface area (Å²) in [5.41, 5.74) is -0.570. The zero-order chi connectivity index (χ0) is 31.2. The summed E-state index contributed by atoms with van der Waals surface area (Å²) in [7, 11) is 2.70. The first-order chi connectivity index (χ1) is 19.8. The fraction of sp³-hybridized carbons (Fsp3) is 0.345. The van der Waals surface area contributed by atoms with Gasteiger partial charge in [-0.25, -0.2) is 9.59 Å². The summed E-state index contributed by atoms with van der Waals surface area (Å²) in [5.74, 6) is -1.86. The van der Waals surface area contributed by atoms with E-state index in [0.717, 1.165) is 48.0 Å². The highest BCUT2D eigenvalue weighted by molar-refractivity contribution is 6.10. The Kier molecular flexibility index (Phi) is 9.95. The topological polar surface area (TPSA) is 130 Å². The number of carbonyl (C=O) groups excluding carboxylic acids is 3. The van der Waals surface area contributed by atoms with E-state index in [0.29, 0.717) is 17.7 Å². The first kappa shape index (κ1) is 31.7. The number of esters is 1. The molecule has 10 nitrogen and oxygen atoms in total. The summed E-state index contributed by atoms with van der Waals surface area (Å²) < 4.78 is 45.7. The number of carbonyl (C=O) groups is 3. The van der Waals surface area contributed by atoms with Gasteiger partial charge in [-0.15, -0.1) is 0 Å². The minimum Gasteiger partial charge on any atom is -0.466 e. The summed E-state index contributed by atoms with van der Waals surface area (Å²) in [5, 5.41) is 20.7. The van der Waals surface area contributed by atoms with E-state index in [9.17, 15) is 32.8 Å². The molecule has 0 spiro atoms. The highest BCUT2D eigenvalue weighted by Crippen LogP contribution is 2.41. The van der Waals surface area contributed by atoms with Crippen LogP contribution in [0, 0.1) is 16.7 Å². The van der Waals surface area contributed by atoms with Crippen molar-refractivity contribution < 1.29 is 32.3 Å². The van der Waals surface area contributed by atoms with Crippen LogP contribution < -0.4 is 10.2 Å². The zero-order valence-electron chi connectivity index (χ0n) is 23.6. The maximum Gasteiger partial charge on any atom is 0.416 e. The number of likely N-dealkylation sites (N-methyl/N-ethyl adjacent to an activating group) is 1. The number of amides is 3. The van der Waals surface area contributed by atoms with Gasteiger partial charge in [-0.1, -0.05) is 31.5 Å². The molecule has 222 valence electrons. The SMILES string of the molecule is CCCCN(C)C(=O)CNC(=O)N1C(=N)N(c2cccc(C(F)(F)F)c2)C(C)=C(C(=O)OC)C1c1ccc(C#N)cc1. The number of rotatable bonds is 8. The molecule has 1 heterocycles. The molecule has 42 heavy (non-hydrogen) atoms. The van der Waals surface area contributed by atoms with Crippen molar-refractivity contribution in [2.24, 2.45) is 0 Å². The second-order valence-corrected chi connectivity index (χ2v) is 9.53. The molecule has 3 rings (SSSR count). The van der Waals surface area contributed by atoms with Gasteiger partial charge in [-0.2, -0.15) is 18.4 Å². The number of ether oxygens (including phenoxy) is 1. The molecule has 2 aromatic carbocycles. The molecular formula is C29H31F3N6O4. The number of unbranched alkanes of at least 4 members (excludes halogenated alkanes) is 1. The number of nitrogens with one attached hydrogen (secondary N) is 2. The van der Waals surface area contributed by atoms with Gasteiger partial charge in [-0.3, -0.25) is 20.0 Å². The Balaban J connectivity index is 2.17. The third-order valence-corrected chi connectivity index (χ3v) is 6.77. The molecule has 13 heteroatoms. The predicted molar refractivity (Wildman–Crippen MR) is 148 cm³/mol. The number of anilines is 1. The molecule has 2 aromatic rings. The molecule has 1 unspecified atom stereocenters. The molecular weight excluding hydrogens is 553 g/mol. The van der Waals surface area contributed by atoms with Gasteiger partial charge in [0.2, 0.25) is 11.9 Å². The van der Waals surface area contributed by atoms with Crippen molar-refractivity contribution in [1.29, 1.82) is 10.7 Å². The molecule has 1 aliphatic rings. The van der Waals surface area contributed by atoms with Crippen molar-refractivity contribution in [3.8, 4) is 6.07 Å². The number of nitrogens with zero attached hydrogens (tertiary/aromatic N) is 4. The summed E-state index contributed by atoms with van der Waals surface area (Å²) in [4.78, 5) is 42.9. The summed E-state index contributed by atoms with van der Waals surface area (Å²) >= 11 is 0. The molecule has 0 aliphatic carbocycles. The average Bonchev–Trinajstić information content (AvgIpc) is 2.97. The van der Waals surface area contributed by atoms with E-state index in [1.807, 2.05) is 13.0 Å². The Morgan fingerprint density at radius 1 is 1.17 bits per heavy atom. The van der Waals surface area contributed by atoms with Crippen molar-refractivity contribution in [3.05, 3.63) is 76.5 Å². The van der Waals surface area contributed by atoms with Crippen LogP contribution in [0.3, 0.4) is 0 Å². The number of urea groups is 1. The molecule has 0 bridgehead atoms. The molecule has 1 aliphatic heterocycles. The smallest absolute Gasteiger partial charge is 0.416 e. The number of hydrogen-bond donors (Lipinski definition) is 2. The van der Waals surface area contributed by atoms with Crippen LogP contribution in [0.25, 0.3) is 0 Å². The monoisotopic (exact) mass is 584 g/mol. The maximum atomic E-state index is 13.7. The minimum absolute atomic E-state index is 0.0555. The highest BCUT2D eigenvalue weighted by atomic mass is 19.4. The third kappa shape index (κ3) is 6.71. The number of alkyl halides is 3. The van der Waals surface area contributed by atoms with E-state index in [-0.39, 0.29) is 17.0 Å². The normalized spacial score (nSPS) is 15.3.